The minimum Gasteiger partial charge on any atom is -0.339 e. The number of carbonyl (C=O) groups excluding carboxylic acids is 2. The molecule has 8 heteroatoms. The van der Waals surface area contributed by atoms with Crippen molar-refractivity contribution in [2.75, 3.05) is 29.8 Å². The summed E-state index contributed by atoms with van der Waals surface area (Å²) in [5.41, 5.74) is 2.33. The maximum absolute atomic E-state index is 13.2. The lowest BCUT2D eigenvalue weighted by Crippen LogP contribution is -2.29. The van der Waals surface area contributed by atoms with Gasteiger partial charge in [0.15, 0.2) is 0 Å². The van der Waals surface area contributed by atoms with Gasteiger partial charge in [-0.3, -0.25) is 13.9 Å². The van der Waals surface area contributed by atoms with Crippen LogP contribution in [0.4, 0.5) is 11.4 Å². The summed E-state index contributed by atoms with van der Waals surface area (Å²) in [6, 6.07) is 20.0. The highest BCUT2D eigenvalue weighted by Crippen LogP contribution is 2.26. The molecule has 34 heavy (non-hydrogen) atoms. The van der Waals surface area contributed by atoms with E-state index in [2.05, 4.69) is 5.32 Å². The molecule has 1 aliphatic rings. The lowest BCUT2D eigenvalue weighted by Gasteiger charge is -2.20. The standard InChI is InChI=1S/C26H27N3O4S/c1-19-10-8-15-23(26(31)29-16-6-7-17-29)24(19)27-25(30)20-11-9-14-22(18-20)34(32,33)28(2)21-12-4-3-5-13-21/h3-5,8-15,18H,6-7,16-17H2,1-2H3,(H,27,30). The Bertz CT molecular complexity index is 1320. The van der Waals surface area contributed by atoms with Crippen molar-refractivity contribution in [1.82, 2.24) is 4.90 Å². The Balaban J connectivity index is 1.61. The lowest BCUT2D eigenvalue weighted by molar-refractivity contribution is 0.0793. The molecule has 1 N–H and O–H groups in total. The number of nitrogens with one attached hydrogen (secondary N) is 1. The summed E-state index contributed by atoms with van der Waals surface area (Å²) in [5, 5.41) is 2.84. The lowest BCUT2D eigenvalue weighted by atomic mass is 10.1. The van der Waals surface area contributed by atoms with Crippen LogP contribution in [-0.2, 0) is 10.0 Å². The van der Waals surface area contributed by atoms with Crippen LogP contribution in [0.25, 0.3) is 0 Å². The Labute approximate surface area is 200 Å². The molecule has 0 saturated carbocycles. The predicted molar refractivity (Wildman–Crippen MR) is 133 cm³/mol. The number of benzene rings is 3. The van der Waals surface area contributed by atoms with E-state index in [4.69, 9.17) is 0 Å². The summed E-state index contributed by atoms with van der Waals surface area (Å²) in [6.45, 7) is 3.23. The van der Waals surface area contributed by atoms with Gasteiger partial charge >= 0.3 is 0 Å². The van der Waals surface area contributed by atoms with Crippen LogP contribution in [0.2, 0.25) is 0 Å². The minimum atomic E-state index is -3.87. The molecule has 7 nitrogen and oxygen atoms in total. The van der Waals surface area contributed by atoms with Crippen LogP contribution in [0.15, 0.2) is 77.7 Å². The number of amides is 2. The van der Waals surface area contributed by atoms with Gasteiger partial charge in [-0.2, -0.15) is 0 Å². The average Bonchev–Trinajstić information content (AvgIpc) is 3.40. The molecule has 0 radical (unpaired) electrons. The van der Waals surface area contributed by atoms with E-state index in [9.17, 15) is 18.0 Å². The largest absolute Gasteiger partial charge is 0.339 e. The van der Waals surface area contributed by atoms with Crippen LogP contribution in [0.3, 0.4) is 0 Å². The molecule has 0 atom stereocenters. The van der Waals surface area contributed by atoms with E-state index in [1.54, 1.807) is 47.4 Å². The molecule has 3 aromatic carbocycles. The number of aryl methyl sites for hydroxylation is 1. The SMILES string of the molecule is Cc1cccc(C(=O)N2CCCC2)c1NC(=O)c1cccc(S(=O)(=O)N(C)c2ccccc2)c1. The van der Waals surface area contributed by atoms with E-state index >= 15 is 0 Å². The van der Waals surface area contributed by atoms with Crippen molar-refractivity contribution in [3.8, 4) is 0 Å². The molecule has 4 rings (SSSR count). The van der Waals surface area contributed by atoms with E-state index in [-0.39, 0.29) is 16.4 Å². The molecular formula is C26H27N3O4S. The smallest absolute Gasteiger partial charge is 0.264 e. The number of nitrogens with zero attached hydrogens (tertiary/aromatic N) is 2. The zero-order chi connectivity index (χ0) is 24.3. The van der Waals surface area contributed by atoms with Crippen molar-refractivity contribution in [3.63, 3.8) is 0 Å². The summed E-state index contributed by atoms with van der Waals surface area (Å²) in [6.07, 6.45) is 1.94. The van der Waals surface area contributed by atoms with Crippen molar-refractivity contribution in [2.24, 2.45) is 0 Å². The molecule has 1 fully saturated rings. The Morgan fingerprint density at radius 3 is 2.29 bits per heavy atom. The van der Waals surface area contributed by atoms with E-state index in [0.29, 0.717) is 30.0 Å². The van der Waals surface area contributed by atoms with Crippen molar-refractivity contribution in [2.45, 2.75) is 24.7 Å². The zero-order valence-corrected chi connectivity index (χ0v) is 20.0. The number of likely N-dealkylation sites (tertiary alicyclic amines) is 1. The second kappa shape index (κ2) is 9.69. The fraction of sp³-hybridized carbons (Fsp3) is 0.231. The zero-order valence-electron chi connectivity index (χ0n) is 19.2. The predicted octanol–water partition coefficient (Wildman–Crippen LogP) is 4.31. The number of sulfonamides is 1. The fourth-order valence-corrected chi connectivity index (χ4v) is 5.26. The maximum Gasteiger partial charge on any atom is 0.264 e. The monoisotopic (exact) mass is 477 g/mol. The Kier molecular flexibility index (Phi) is 6.70. The third-order valence-electron chi connectivity index (χ3n) is 6.01. The number of para-hydroxylation sites is 2. The van der Waals surface area contributed by atoms with Crippen molar-refractivity contribution in [1.29, 1.82) is 0 Å². The van der Waals surface area contributed by atoms with Gasteiger partial charge in [-0.15, -0.1) is 0 Å². The van der Waals surface area contributed by atoms with Gasteiger partial charge in [-0.05, 0) is 61.7 Å². The maximum atomic E-state index is 13.2. The minimum absolute atomic E-state index is 0.00431. The first-order valence-electron chi connectivity index (χ1n) is 11.1. The fourth-order valence-electron chi connectivity index (χ4n) is 4.02. The van der Waals surface area contributed by atoms with E-state index in [1.165, 1.54) is 29.6 Å². The van der Waals surface area contributed by atoms with Crippen LogP contribution in [0, 0.1) is 6.92 Å². The summed E-state index contributed by atoms with van der Waals surface area (Å²) < 4.78 is 27.5. The van der Waals surface area contributed by atoms with Crippen LogP contribution >= 0.6 is 0 Å². The van der Waals surface area contributed by atoms with Crippen molar-refractivity contribution < 1.29 is 18.0 Å². The molecule has 1 saturated heterocycles. The van der Waals surface area contributed by atoms with Gasteiger partial charge in [0.2, 0.25) is 0 Å². The van der Waals surface area contributed by atoms with Gasteiger partial charge in [-0.25, -0.2) is 8.42 Å². The Morgan fingerprint density at radius 1 is 0.912 bits per heavy atom. The average molecular weight is 478 g/mol. The van der Waals surface area contributed by atoms with Crippen LogP contribution in [0.1, 0.15) is 39.1 Å². The molecule has 2 amide bonds. The van der Waals surface area contributed by atoms with Gasteiger partial charge in [-0.1, -0.05) is 36.4 Å². The van der Waals surface area contributed by atoms with Gasteiger partial charge in [0.25, 0.3) is 21.8 Å². The second-order valence-electron chi connectivity index (χ2n) is 8.29. The third kappa shape index (κ3) is 4.68. The number of hydrogen-bond donors (Lipinski definition) is 1. The summed E-state index contributed by atoms with van der Waals surface area (Å²) >= 11 is 0. The number of carbonyl (C=O) groups is 2. The first-order chi connectivity index (χ1) is 16.3. The summed E-state index contributed by atoms with van der Waals surface area (Å²) in [7, 11) is -2.40. The van der Waals surface area contributed by atoms with Gasteiger partial charge in [0.05, 0.1) is 21.8 Å². The molecule has 0 aromatic heterocycles. The first kappa shape index (κ1) is 23.5. The Hall–Kier alpha value is -3.65. The molecule has 1 heterocycles. The number of hydrogen-bond acceptors (Lipinski definition) is 4. The molecular weight excluding hydrogens is 450 g/mol. The molecule has 176 valence electrons. The molecule has 0 unspecified atom stereocenters. The quantitative estimate of drug-likeness (QED) is 0.573. The highest BCUT2D eigenvalue weighted by Gasteiger charge is 2.25. The van der Waals surface area contributed by atoms with Crippen molar-refractivity contribution >= 4 is 33.2 Å². The molecule has 3 aromatic rings. The molecule has 0 bridgehead atoms. The molecule has 1 aliphatic heterocycles. The van der Waals surface area contributed by atoms with Gasteiger partial charge in [0, 0.05) is 25.7 Å². The molecule has 0 aliphatic carbocycles. The van der Waals surface area contributed by atoms with Gasteiger partial charge in [0.1, 0.15) is 0 Å². The van der Waals surface area contributed by atoms with E-state index in [0.717, 1.165) is 18.4 Å². The second-order valence-corrected chi connectivity index (χ2v) is 10.3. The third-order valence-corrected chi connectivity index (χ3v) is 7.79. The highest BCUT2D eigenvalue weighted by molar-refractivity contribution is 7.92. The molecule has 0 spiro atoms. The Morgan fingerprint density at radius 2 is 1.59 bits per heavy atom. The van der Waals surface area contributed by atoms with Crippen LogP contribution in [0.5, 0.6) is 0 Å². The topological polar surface area (TPSA) is 86.8 Å². The van der Waals surface area contributed by atoms with Crippen molar-refractivity contribution in [3.05, 3.63) is 89.5 Å². The number of anilines is 2. The van der Waals surface area contributed by atoms with Crippen LogP contribution < -0.4 is 9.62 Å². The normalized spacial score (nSPS) is 13.5. The van der Waals surface area contributed by atoms with E-state index in [1.807, 2.05) is 19.1 Å². The highest BCUT2D eigenvalue weighted by atomic mass is 32.2. The summed E-state index contributed by atoms with van der Waals surface area (Å²) in [4.78, 5) is 28.0. The van der Waals surface area contributed by atoms with Gasteiger partial charge < -0.3 is 10.2 Å². The van der Waals surface area contributed by atoms with Crippen LogP contribution in [-0.4, -0.2) is 45.3 Å². The first-order valence-corrected chi connectivity index (χ1v) is 12.6. The summed E-state index contributed by atoms with van der Waals surface area (Å²) in [5.74, 6) is -0.596. The number of rotatable bonds is 6. The van der Waals surface area contributed by atoms with E-state index < -0.39 is 15.9 Å².